The van der Waals surface area contributed by atoms with Crippen LogP contribution < -0.4 is 19.5 Å². The maximum atomic E-state index is 12.5. The molecule has 0 saturated heterocycles. The smallest absolute Gasteiger partial charge is 0.251 e. The number of unbranched alkanes of at least 4 members (excludes halogenated alkanes) is 1. The Balaban J connectivity index is 1.96. The normalized spacial score (nSPS) is 10.2. The SMILES string of the molecule is C=C(C)COc1cccc(C(=O)NCc2ccc(OCCCC)c(OC)c2)c1. The van der Waals surface area contributed by atoms with Crippen molar-refractivity contribution in [3.05, 3.63) is 65.7 Å². The molecule has 5 nitrogen and oxygen atoms in total. The van der Waals surface area contributed by atoms with Crippen molar-refractivity contribution >= 4 is 5.91 Å². The largest absolute Gasteiger partial charge is 0.493 e. The third-order valence-corrected chi connectivity index (χ3v) is 4.02. The molecular weight excluding hydrogens is 354 g/mol. The van der Waals surface area contributed by atoms with Gasteiger partial charge in [0.2, 0.25) is 0 Å². The molecule has 0 radical (unpaired) electrons. The number of amides is 1. The fourth-order valence-electron chi connectivity index (χ4n) is 2.49. The molecule has 1 N–H and O–H groups in total. The van der Waals surface area contributed by atoms with Gasteiger partial charge in [0.05, 0.1) is 13.7 Å². The van der Waals surface area contributed by atoms with E-state index >= 15 is 0 Å². The first-order chi connectivity index (χ1) is 13.5. The van der Waals surface area contributed by atoms with E-state index in [1.54, 1.807) is 25.3 Å². The molecule has 0 aromatic heterocycles. The predicted molar refractivity (Wildman–Crippen MR) is 111 cm³/mol. The summed E-state index contributed by atoms with van der Waals surface area (Å²) in [5.41, 5.74) is 2.40. The average molecular weight is 383 g/mol. The molecule has 0 saturated carbocycles. The van der Waals surface area contributed by atoms with Crippen LogP contribution in [0.15, 0.2) is 54.6 Å². The molecule has 0 aliphatic carbocycles. The van der Waals surface area contributed by atoms with Gasteiger partial charge in [0.15, 0.2) is 11.5 Å². The van der Waals surface area contributed by atoms with Gasteiger partial charge >= 0.3 is 0 Å². The van der Waals surface area contributed by atoms with Gasteiger partial charge in [-0.3, -0.25) is 4.79 Å². The van der Waals surface area contributed by atoms with E-state index in [0.717, 1.165) is 24.0 Å². The highest BCUT2D eigenvalue weighted by molar-refractivity contribution is 5.94. The summed E-state index contributed by atoms with van der Waals surface area (Å²) in [6.45, 7) is 9.30. The van der Waals surface area contributed by atoms with Crippen LogP contribution in [0.4, 0.5) is 0 Å². The lowest BCUT2D eigenvalue weighted by Gasteiger charge is -2.13. The van der Waals surface area contributed by atoms with Crippen molar-refractivity contribution in [3.63, 3.8) is 0 Å². The number of hydrogen-bond acceptors (Lipinski definition) is 4. The van der Waals surface area contributed by atoms with Crippen molar-refractivity contribution < 1.29 is 19.0 Å². The van der Waals surface area contributed by atoms with Gasteiger partial charge in [0, 0.05) is 12.1 Å². The number of carbonyl (C=O) groups is 1. The zero-order valence-corrected chi connectivity index (χ0v) is 16.9. The Kier molecular flexibility index (Phi) is 8.40. The standard InChI is InChI=1S/C23H29NO4/c1-5-6-12-27-21-11-10-18(13-22(21)26-4)15-24-23(25)19-8-7-9-20(14-19)28-16-17(2)3/h7-11,13-14H,2,5-6,12,15-16H2,1,3-4H3,(H,24,25). The second kappa shape index (κ2) is 11.0. The van der Waals surface area contributed by atoms with Crippen LogP contribution in [0.2, 0.25) is 0 Å². The van der Waals surface area contributed by atoms with Crippen LogP contribution in [0, 0.1) is 0 Å². The minimum atomic E-state index is -0.164. The fourth-order valence-corrected chi connectivity index (χ4v) is 2.49. The molecule has 150 valence electrons. The molecule has 0 bridgehead atoms. The van der Waals surface area contributed by atoms with E-state index in [4.69, 9.17) is 14.2 Å². The highest BCUT2D eigenvalue weighted by atomic mass is 16.5. The van der Waals surface area contributed by atoms with Crippen molar-refractivity contribution in [2.45, 2.75) is 33.2 Å². The zero-order valence-electron chi connectivity index (χ0n) is 16.9. The number of rotatable bonds is 11. The van der Waals surface area contributed by atoms with Crippen molar-refractivity contribution in [3.8, 4) is 17.2 Å². The van der Waals surface area contributed by atoms with E-state index in [0.29, 0.717) is 42.6 Å². The van der Waals surface area contributed by atoms with E-state index < -0.39 is 0 Å². The Morgan fingerprint density at radius 3 is 2.64 bits per heavy atom. The Hall–Kier alpha value is -2.95. The fraction of sp³-hybridized carbons (Fsp3) is 0.348. The summed E-state index contributed by atoms with van der Waals surface area (Å²) in [5, 5.41) is 2.92. The number of nitrogens with one attached hydrogen (secondary N) is 1. The summed E-state index contributed by atoms with van der Waals surface area (Å²) in [6.07, 6.45) is 2.07. The molecule has 0 spiro atoms. The summed E-state index contributed by atoms with van der Waals surface area (Å²) in [4.78, 5) is 12.5. The van der Waals surface area contributed by atoms with Gasteiger partial charge in [-0.1, -0.05) is 32.1 Å². The van der Waals surface area contributed by atoms with Gasteiger partial charge in [-0.15, -0.1) is 0 Å². The quantitative estimate of drug-likeness (QED) is 0.449. The van der Waals surface area contributed by atoms with Crippen molar-refractivity contribution in [1.82, 2.24) is 5.32 Å². The van der Waals surface area contributed by atoms with Crippen molar-refractivity contribution in [2.24, 2.45) is 0 Å². The Morgan fingerprint density at radius 1 is 1.11 bits per heavy atom. The monoisotopic (exact) mass is 383 g/mol. The highest BCUT2D eigenvalue weighted by Gasteiger charge is 2.09. The van der Waals surface area contributed by atoms with E-state index in [2.05, 4.69) is 18.8 Å². The molecule has 2 rings (SSSR count). The summed E-state index contributed by atoms with van der Waals surface area (Å²) in [7, 11) is 1.61. The average Bonchev–Trinajstić information content (AvgIpc) is 2.71. The Bertz CT molecular complexity index is 801. The summed E-state index contributed by atoms with van der Waals surface area (Å²) < 4.78 is 16.7. The summed E-state index contributed by atoms with van der Waals surface area (Å²) in [5.74, 6) is 1.86. The molecular formula is C23H29NO4. The molecule has 2 aromatic carbocycles. The minimum absolute atomic E-state index is 0.164. The molecule has 2 aromatic rings. The zero-order chi connectivity index (χ0) is 20.4. The second-order valence-electron chi connectivity index (χ2n) is 6.64. The van der Waals surface area contributed by atoms with E-state index in [-0.39, 0.29) is 5.91 Å². The lowest BCUT2D eigenvalue weighted by Crippen LogP contribution is -2.22. The van der Waals surface area contributed by atoms with Gasteiger partial charge in [0.25, 0.3) is 5.91 Å². The van der Waals surface area contributed by atoms with Crippen LogP contribution in [0.25, 0.3) is 0 Å². The minimum Gasteiger partial charge on any atom is -0.493 e. The number of hydrogen-bond donors (Lipinski definition) is 1. The number of methoxy groups -OCH3 is 1. The van der Waals surface area contributed by atoms with Crippen molar-refractivity contribution in [2.75, 3.05) is 20.3 Å². The van der Waals surface area contributed by atoms with Gasteiger partial charge in [-0.2, -0.15) is 0 Å². The van der Waals surface area contributed by atoms with Gasteiger partial charge < -0.3 is 19.5 Å². The van der Waals surface area contributed by atoms with Crippen LogP contribution in [0.5, 0.6) is 17.2 Å². The summed E-state index contributed by atoms with van der Waals surface area (Å²) >= 11 is 0. The molecule has 0 atom stereocenters. The number of ether oxygens (including phenoxy) is 3. The molecule has 5 heteroatoms. The topological polar surface area (TPSA) is 56.8 Å². The van der Waals surface area contributed by atoms with Crippen molar-refractivity contribution in [1.29, 1.82) is 0 Å². The highest BCUT2D eigenvalue weighted by Crippen LogP contribution is 2.28. The van der Waals surface area contributed by atoms with Gasteiger partial charge in [0.1, 0.15) is 12.4 Å². The Morgan fingerprint density at radius 2 is 1.93 bits per heavy atom. The molecule has 28 heavy (non-hydrogen) atoms. The first kappa shape index (κ1) is 21.4. The molecule has 0 fully saturated rings. The Labute approximate surface area is 167 Å². The maximum absolute atomic E-state index is 12.5. The van der Waals surface area contributed by atoms with Crippen LogP contribution >= 0.6 is 0 Å². The van der Waals surface area contributed by atoms with Gasteiger partial charge in [-0.05, 0) is 54.8 Å². The van der Waals surface area contributed by atoms with Gasteiger partial charge in [-0.25, -0.2) is 0 Å². The third kappa shape index (κ3) is 6.65. The molecule has 0 aliphatic heterocycles. The lowest BCUT2D eigenvalue weighted by molar-refractivity contribution is 0.0950. The van der Waals surface area contributed by atoms with Crippen LogP contribution in [-0.4, -0.2) is 26.2 Å². The first-order valence-corrected chi connectivity index (χ1v) is 9.48. The number of carbonyl (C=O) groups excluding carboxylic acids is 1. The van der Waals surface area contributed by atoms with Crippen LogP contribution in [0.3, 0.4) is 0 Å². The second-order valence-corrected chi connectivity index (χ2v) is 6.64. The van der Waals surface area contributed by atoms with E-state index in [1.165, 1.54) is 0 Å². The third-order valence-electron chi connectivity index (χ3n) is 4.02. The maximum Gasteiger partial charge on any atom is 0.251 e. The van der Waals surface area contributed by atoms with Crippen LogP contribution in [-0.2, 0) is 6.54 Å². The van der Waals surface area contributed by atoms with E-state index in [9.17, 15) is 4.79 Å². The van der Waals surface area contributed by atoms with E-state index in [1.807, 2.05) is 31.2 Å². The molecule has 0 unspecified atom stereocenters. The number of benzene rings is 2. The first-order valence-electron chi connectivity index (χ1n) is 9.48. The van der Waals surface area contributed by atoms with Crippen LogP contribution in [0.1, 0.15) is 42.6 Å². The molecule has 0 heterocycles. The summed E-state index contributed by atoms with van der Waals surface area (Å²) in [6, 6.07) is 12.8. The molecule has 0 aliphatic rings. The predicted octanol–water partition coefficient (Wildman–Crippen LogP) is 4.76. The molecule has 1 amide bonds. The lowest BCUT2D eigenvalue weighted by atomic mass is 10.1.